The zero-order chi connectivity index (χ0) is 12.5. The fraction of sp³-hybridized carbons (Fsp3) is 0.429. The lowest BCUT2D eigenvalue weighted by Crippen LogP contribution is -2.31. The lowest BCUT2D eigenvalue weighted by Gasteiger charge is -2.28. The van der Waals surface area contributed by atoms with Gasteiger partial charge in [-0.2, -0.15) is 0 Å². The minimum Gasteiger partial charge on any atom is -0.508 e. The van der Waals surface area contributed by atoms with Crippen molar-refractivity contribution in [2.75, 3.05) is 20.1 Å². The zero-order valence-corrected chi connectivity index (χ0v) is 11.3. The summed E-state index contributed by atoms with van der Waals surface area (Å²) in [7, 11) is 2.19. The summed E-state index contributed by atoms with van der Waals surface area (Å²) in [6.45, 7) is 2.37. The van der Waals surface area contributed by atoms with E-state index in [9.17, 15) is 5.11 Å². The molecule has 96 valence electrons. The van der Waals surface area contributed by atoms with E-state index in [4.69, 9.17) is 0 Å². The number of rotatable bonds is 2. The van der Waals surface area contributed by atoms with Crippen molar-refractivity contribution in [2.24, 2.45) is 0 Å². The Balaban J connectivity index is 1.80. The highest BCUT2D eigenvalue weighted by Gasteiger charge is 2.19. The van der Waals surface area contributed by atoms with Crippen LogP contribution in [0.1, 0.15) is 12.8 Å². The molecule has 1 aliphatic heterocycles. The number of aromatic hydroxyl groups is 1. The lowest BCUT2D eigenvalue weighted by molar-refractivity contribution is 0.282. The Kier molecular flexibility index (Phi) is 3.22. The van der Waals surface area contributed by atoms with Gasteiger partial charge in [-0.1, -0.05) is 0 Å². The molecule has 0 aliphatic carbocycles. The molecule has 0 unspecified atom stereocenters. The van der Waals surface area contributed by atoms with Crippen molar-refractivity contribution in [3.8, 4) is 5.75 Å². The number of aromatic amines is 1. The van der Waals surface area contributed by atoms with Crippen LogP contribution < -0.4 is 0 Å². The third-order valence-corrected chi connectivity index (χ3v) is 4.98. The van der Waals surface area contributed by atoms with Gasteiger partial charge in [0.1, 0.15) is 5.75 Å². The highest BCUT2D eigenvalue weighted by Crippen LogP contribution is 2.35. The minimum atomic E-state index is 0.340. The largest absolute Gasteiger partial charge is 0.508 e. The molecule has 1 aromatic carbocycles. The molecule has 0 radical (unpaired) electrons. The van der Waals surface area contributed by atoms with Crippen molar-refractivity contribution in [3.05, 3.63) is 24.4 Å². The van der Waals surface area contributed by atoms with Crippen molar-refractivity contribution in [3.63, 3.8) is 0 Å². The number of likely N-dealkylation sites (tertiary alicyclic amines) is 1. The summed E-state index contributed by atoms with van der Waals surface area (Å²) < 4.78 is 0. The fourth-order valence-electron chi connectivity index (χ4n) is 2.46. The van der Waals surface area contributed by atoms with E-state index in [2.05, 4.69) is 23.1 Å². The Morgan fingerprint density at radius 3 is 2.89 bits per heavy atom. The maximum absolute atomic E-state index is 9.58. The van der Waals surface area contributed by atoms with Crippen molar-refractivity contribution in [1.82, 2.24) is 9.88 Å². The van der Waals surface area contributed by atoms with Crippen molar-refractivity contribution < 1.29 is 5.11 Å². The molecule has 0 spiro atoms. The number of thioether (sulfide) groups is 1. The van der Waals surface area contributed by atoms with E-state index < -0.39 is 0 Å². The number of phenols is 1. The van der Waals surface area contributed by atoms with Gasteiger partial charge in [0.15, 0.2) is 0 Å². The molecule has 3 nitrogen and oxygen atoms in total. The minimum absolute atomic E-state index is 0.340. The van der Waals surface area contributed by atoms with Crippen LogP contribution in [0.4, 0.5) is 0 Å². The van der Waals surface area contributed by atoms with E-state index in [1.165, 1.54) is 30.8 Å². The van der Waals surface area contributed by atoms with Gasteiger partial charge in [0.2, 0.25) is 0 Å². The van der Waals surface area contributed by atoms with E-state index in [1.807, 2.05) is 23.9 Å². The molecule has 0 saturated carbocycles. The van der Waals surface area contributed by atoms with Gasteiger partial charge >= 0.3 is 0 Å². The Morgan fingerprint density at radius 2 is 2.11 bits per heavy atom. The average molecular weight is 262 g/mol. The summed E-state index contributed by atoms with van der Waals surface area (Å²) in [5.41, 5.74) is 1.10. The van der Waals surface area contributed by atoms with Gasteiger partial charge < -0.3 is 15.0 Å². The van der Waals surface area contributed by atoms with Gasteiger partial charge in [0, 0.05) is 27.2 Å². The molecule has 4 heteroatoms. The average Bonchev–Trinajstić information content (AvgIpc) is 2.75. The molecule has 2 N–H and O–H groups in total. The molecular formula is C14H18N2OS. The van der Waals surface area contributed by atoms with Gasteiger partial charge in [-0.15, -0.1) is 11.8 Å². The standard InChI is InChI=1S/C14H18N2OS/c1-16-6-4-11(5-7-16)18-14-9-15-13-3-2-10(17)8-12(13)14/h2-3,8-9,11,15,17H,4-7H2,1H3. The van der Waals surface area contributed by atoms with Gasteiger partial charge in [-0.05, 0) is 51.2 Å². The van der Waals surface area contributed by atoms with Gasteiger partial charge in [-0.25, -0.2) is 0 Å². The molecule has 1 fully saturated rings. The first-order valence-electron chi connectivity index (χ1n) is 6.37. The number of nitrogens with one attached hydrogen (secondary N) is 1. The van der Waals surface area contributed by atoms with E-state index in [0.29, 0.717) is 11.0 Å². The van der Waals surface area contributed by atoms with E-state index in [1.54, 1.807) is 6.07 Å². The molecule has 1 aromatic heterocycles. The number of nitrogens with zero attached hydrogens (tertiary/aromatic N) is 1. The number of piperidine rings is 1. The number of H-pyrrole nitrogens is 1. The van der Waals surface area contributed by atoms with Crippen LogP contribution in [0.3, 0.4) is 0 Å². The molecule has 0 amide bonds. The summed E-state index contributed by atoms with van der Waals surface area (Å²) in [4.78, 5) is 6.92. The quantitative estimate of drug-likeness (QED) is 0.873. The number of fused-ring (bicyclic) bond motifs is 1. The van der Waals surface area contributed by atoms with Crippen molar-refractivity contribution >= 4 is 22.7 Å². The van der Waals surface area contributed by atoms with Crippen LogP contribution in [-0.2, 0) is 0 Å². The first kappa shape index (κ1) is 11.9. The molecule has 3 rings (SSSR count). The highest BCUT2D eigenvalue weighted by atomic mass is 32.2. The monoisotopic (exact) mass is 262 g/mol. The second-order valence-corrected chi connectivity index (χ2v) is 6.35. The first-order valence-corrected chi connectivity index (χ1v) is 7.25. The molecule has 2 aromatic rings. The van der Waals surface area contributed by atoms with Crippen LogP contribution >= 0.6 is 11.8 Å². The summed E-state index contributed by atoms with van der Waals surface area (Å²) >= 11 is 1.94. The maximum atomic E-state index is 9.58. The normalized spacial score (nSPS) is 18.5. The van der Waals surface area contributed by atoms with Gasteiger partial charge in [0.25, 0.3) is 0 Å². The summed E-state index contributed by atoms with van der Waals surface area (Å²) in [6.07, 6.45) is 4.55. The summed E-state index contributed by atoms with van der Waals surface area (Å²) in [5.74, 6) is 0.340. The van der Waals surface area contributed by atoms with Crippen LogP contribution in [0.15, 0.2) is 29.3 Å². The van der Waals surface area contributed by atoms with E-state index in [-0.39, 0.29) is 0 Å². The number of hydrogen-bond acceptors (Lipinski definition) is 3. The molecule has 1 saturated heterocycles. The second-order valence-electron chi connectivity index (χ2n) is 5.00. The Morgan fingerprint density at radius 1 is 1.33 bits per heavy atom. The predicted molar refractivity (Wildman–Crippen MR) is 76.3 cm³/mol. The second kappa shape index (κ2) is 4.86. The van der Waals surface area contributed by atoms with Gasteiger partial charge in [-0.3, -0.25) is 0 Å². The molecule has 0 bridgehead atoms. The smallest absolute Gasteiger partial charge is 0.116 e. The molecule has 0 atom stereocenters. The lowest BCUT2D eigenvalue weighted by atomic mass is 10.1. The molecular weight excluding hydrogens is 244 g/mol. The first-order chi connectivity index (χ1) is 8.72. The third-order valence-electron chi connectivity index (χ3n) is 3.59. The molecule has 2 heterocycles. The fourth-order valence-corrected chi connectivity index (χ4v) is 3.69. The predicted octanol–water partition coefficient (Wildman–Crippen LogP) is 3.06. The Hall–Kier alpha value is -1.13. The topological polar surface area (TPSA) is 39.3 Å². The Labute approximate surface area is 111 Å². The highest BCUT2D eigenvalue weighted by molar-refractivity contribution is 8.00. The van der Waals surface area contributed by atoms with Gasteiger partial charge in [0.05, 0.1) is 0 Å². The molecule has 18 heavy (non-hydrogen) atoms. The number of phenolic OH excluding ortho intramolecular Hbond substituents is 1. The van der Waals surface area contributed by atoms with Crippen LogP contribution in [0, 0.1) is 0 Å². The van der Waals surface area contributed by atoms with Crippen LogP contribution in [0.2, 0.25) is 0 Å². The zero-order valence-electron chi connectivity index (χ0n) is 10.5. The summed E-state index contributed by atoms with van der Waals surface area (Å²) in [6, 6.07) is 5.51. The number of hydrogen-bond donors (Lipinski definition) is 2. The van der Waals surface area contributed by atoms with E-state index in [0.717, 1.165) is 10.9 Å². The summed E-state index contributed by atoms with van der Waals surface area (Å²) in [5, 5.41) is 11.4. The van der Waals surface area contributed by atoms with Crippen LogP contribution in [-0.4, -0.2) is 40.4 Å². The number of benzene rings is 1. The SMILES string of the molecule is CN1CCC(Sc2c[nH]c3ccc(O)cc23)CC1. The van der Waals surface area contributed by atoms with Crippen LogP contribution in [0.25, 0.3) is 10.9 Å². The maximum Gasteiger partial charge on any atom is 0.116 e. The third kappa shape index (κ3) is 2.35. The number of aromatic nitrogens is 1. The van der Waals surface area contributed by atoms with Crippen molar-refractivity contribution in [1.29, 1.82) is 0 Å². The molecule has 1 aliphatic rings. The van der Waals surface area contributed by atoms with Crippen molar-refractivity contribution in [2.45, 2.75) is 23.0 Å². The Bertz CT molecular complexity index is 544. The van der Waals surface area contributed by atoms with Crippen LogP contribution in [0.5, 0.6) is 5.75 Å². The van der Waals surface area contributed by atoms with E-state index >= 15 is 0 Å².